The Hall–Kier alpha value is -2.31. The Bertz CT molecular complexity index is 718. The van der Waals surface area contributed by atoms with Crippen molar-refractivity contribution in [3.8, 4) is 6.07 Å². The van der Waals surface area contributed by atoms with Gasteiger partial charge in [-0.1, -0.05) is 29.8 Å². The predicted octanol–water partition coefficient (Wildman–Crippen LogP) is 3.95. The summed E-state index contributed by atoms with van der Waals surface area (Å²) in [5, 5.41) is 12.3. The first-order valence-corrected chi connectivity index (χ1v) is 7.12. The lowest BCUT2D eigenvalue weighted by molar-refractivity contribution is -0.117. The third kappa shape index (κ3) is 2.91. The number of nitriles is 1. The van der Waals surface area contributed by atoms with Gasteiger partial charge in [0.25, 0.3) is 0 Å². The summed E-state index contributed by atoms with van der Waals surface area (Å²) in [5.41, 5.74) is 2.33. The van der Waals surface area contributed by atoms with E-state index < -0.39 is 0 Å². The van der Waals surface area contributed by atoms with Crippen molar-refractivity contribution in [2.45, 2.75) is 12.3 Å². The fourth-order valence-corrected chi connectivity index (χ4v) is 2.74. The van der Waals surface area contributed by atoms with E-state index in [0.717, 1.165) is 17.0 Å². The van der Waals surface area contributed by atoms with Gasteiger partial charge in [0.2, 0.25) is 5.91 Å². The largest absolute Gasteiger partial charge is 0.326 e. The van der Waals surface area contributed by atoms with Crippen LogP contribution in [0, 0.1) is 17.2 Å². The molecule has 2 unspecified atom stereocenters. The summed E-state index contributed by atoms with van der Waals surface area (Å²) in [5.74, 6) is 0.183. The van der Waals surface area contributed by atoms with E-state index in [0.29, 0.717) is 11.3 Å². The molecule has 1 saturated carbocycles. The number of benzene rings is 2. The minimum atomic E-state index is -0.0273. The molecular formula is C17H13ClN2O. The van der Waals surface area contributed by atoms with Crippen molar-refractivity contribution in [1.82, 2.24) is 0 Å². The first kappa shape index (κ1) is 13.7. The van der Waals surface area contributed by atoms with E-state index in [1.54, 1.807) is 24.3 Å². The molecule has 0 aliphatic heterocycles. The molecule has 1 N–H and O–H groups in total. The van der Waals surface area contributed by atoms with E-state index in [4.69, 9.17) is 16.9 Å². The minimum absolute atomic E-state index is 0.00428. The standard InChI is InChI=1S/C17H13ClN2O/c18-16-4-2-1-3-13(16)14-9-15(14)17(21)20-12-7-5-11(10-19)6-8-12/h1-8,14-15H,9H2,(H,20,21). The van der Waals surface area contributed by atoms with Crippen molar-refractivity contribution in [1.29, 1.82) is 5.26 Å². The molecule has 2 atom stereocenters. The topological polar surface area (TPSA) is 52.9 Å². The summed E-state index contributed by atoms with van der Waals surface area (Å²) in [7, 11) is 0. The van der Waals surface area contributed by atoms with Crippen LogP contribution in [0.4, 0.5) is 5.69 Å². The molecule has 3 nitrogen and oxygen atoms in total. The van der Waals surface area contributed by atoms with Crippen LogP contribution in [-0.4, -0.2) is 5.91 Å². The summed E-state index contributed by atoms with van der Waals surface area (Å²) < 4.78 is 0. The second-order valence-electron chi connectivity index (χ2n) is 5.15. The van der Waals surface area contributed by atoms with Gasteiger partial charge in [-0.05, 0) is 48.2 Å². The Labute approximate surface area is 128 Å². The predicted molar refractivity (Wildman–Crippen MR) is 82.1 cm³/mol. The minimum Gasteiger partial charge on any atom is -0.326 e. The van der Waals surface area contributed by atoms with Gasteiger partial charge >= 0.3 is 0 Å². The van der Waals surface area contributed by atoms with Crippen LogP contribution >= 0.6 is 11.6 Å². The quantitative estimate of drug-likeness (QED) is 0.932. The van der Waals surface area contributed by atoms with Gasteiger partial charge in [0, 0.05) is 16.6 Å². The number of anilines is 1. The maximum Gasteiger partial charge on any atom is 0.228 e. The van der Waals surface area contributed by atoms with E-state index in [2.05, 4.69) is 11.4 Å². The number of amides is 1. The molecule has 104 valence electrons. The van der Waals surface area contributed by atoms with Gasteiger partial charge in [0.15, 0.2) is 0 Å². The second kappa shape index (κ2) is 5.59. The summed E-state index contributed by atoms with van der Waals surface area (Å²) in [6.45, 7) is 0. The van der Waals surface area contributed by atoms with E-state index in [1.165, 1.54) is 0 Å². The van der Waals surface area contributed by atoms with Crippen molar-refractivity contribution < 1.29 is 4.79 Å². The van der Waals surface area contributed by atoms with Crippen LogP contribution in [0.15, 0.2) is 48.5 Å². The van der Waals surface area contributed by atoms with Crippen LogP contribution in [0.1, 0.15) is 23.5 Å². The van der Waals surface area contributed by atoms with Crippen LogP contribution in [-0.2, 0) is 4.79 Å². The van der Waals surface area contributed by atoms with E-state index in [9.17, 15) is 4.79 Å². The van der Waals surface area contributed by atoms with Crippen LogP contribution in [0.3, 0.4) is 0 Å². The fourth-order valence-electron chi connectivity index (χ4n) is 2.47. The average Bonchev–Trinajstić information content (AvgIpc) is 3.29. The summed E-state index contributed by atoms with van der Waals surface area (Å²) in [6.07, 6.45) is 0.825. The van der Waals surface area contributed by atoms with Crippen LogP contribution in [0.2, 0.25) is 5.02 Å². The normalized spacial score (nSPS) is 19.6. The van der Waals surface area contributed by atoms with E-state index in [-0.39, 0.29) is 17.7 Å². The van der Waals surface area contributed by atoms with E-state index >= 15 is 0 Å². The van der Waals surface area contributed by atoms with Gasteiger partial charge in [-0.15, -0.1) is 0 Å². The highest BCUT2D eigenvalue weighted by molar-refractivity contribution is 6.31. The van der Waals surface area contributed by atoms with Crippen LogP contribution in [0.5, 0.6) is 0 Å². The lowest BCUT2D eigenvalue weighted by Gasteiger charge is -2.06. The molecule has 0 radical (unpaired) electrons. The molecule has 0 aromatic heterocycles. The smallest absolute Gasteiger partial charge is 0.228 e. The monoisotopic (exact) mass is 296 g/mol. The van der Waals surface area contributed by atoms with Crippen molar-refractivity contribution in [3.63, 3.8) is 0 Å². The molecule has 1 amide bonds. The molecule has 2 aromatic rings. The van der Waals surface area contributed by atoms with Gasteiger partial charge in [-0.25, -0.2) is 0 Å². The molecular weight excluding hydrogens is 284 g/mol. The number of carbonyl (C=O) groups is 1. The highest BCUT2D eigenvalue weighted by atomic mass is 35.5. The summed E-state index contributed by atoms with van der Waals surface area (Å²) in [4.78, 5) is 12.2. The number of rotatable bonds is 3. The molecule has 0 heterocycles. The summed E-state index contributed by atoms with van der Waals surface area (Å²) in [6, 6.07) is 16.6. The Morgan fingerprint density at radius 2 is 1.90 bits per heavy atom. The van der Waals surface area contributed by atoms with Crippen molar-refractivity contribution in [3.05, 3.63) is 64.7 Å². The molecule has 3 rings (SSSR count). The second-order valence-corrected chi connectivity index (χ2v) is 5.56. The zero-order valence-electron chi connectivity index (χ0n) is 11.2. The Morgan fingerprint density at radius 3 is 2.57 bits per heavy atom. The number of carbonyl (C=O) groups excluding carboxylic acids is 1. The molecule has 21 heavy (non-hydrogen) atoms. The lowest BCUT2D eigenvalue weighted by atomic mass is 10.1. The molecule has 0 bridgehead atoms. The van der Waals surface area contributed by atoms with Gasteiger partial charge < -0.3 is 5.32 Å². The molecule has 0 saturated heterocycles. The zero-order chi connectivity index (χ0) is 14.8. The van der Waals surface area contributed by atoms with Crippen LogP contribution in [0.25, 0.3) is 0 Å². The van der Waals surface area contributed by atoms with E-state index in [1.807, 2.05) is 24.3 Å². The highest BCUT2D eigenvalue weighted by Crippen LogP contribution is 2.49. The van der Waals surface area contributed by atoms with Gasteiger partial charge in [-0.3, -0.25) is 4.79 Å². The fraction of sp³-hybridized carbons (Fsp3) is 0.176. The van der Waals surface area contributed by atoms with Gasteiger partial charge in [-0.2, -0.15) is 5.26 Å². The molecule has 1 aliphatic rings. The highest BCUT2D eigenvalue weighted by Gasteiger charge is 2.44. The average molecular weight is 297 g/mol. The van der Waals surface area contributed by atoms with Gasteiger partial charge in [0.1, 0.15) is 0 Å². The van der Waals surface area contributed by atoms with Crippen molar-refractivity contribution in [2.24, 2.45) is 5.92 Å². The lowest BCUT2D eigenvalue weighted by Crippen LogP contribution is -2.14. The number of halogens is 1. The van der Waals surface area contributed by atoms with Crippen molar-refractivity contribution in [2.75, 3.05) is 5.32 Å². The first-order chi connectivity index (χ1) is 10.2. The van der Waals surface area contributed by atoms with Gasteiger partial charge in [0.05, 0.1) is 11.6 Å². The van der Waals surface area contributed by atoms with Crippen molar-refractivity contribution >= 4 is 23.2 Å². The molecule has 1 fully saturated rings. The Morgan fingerprint density at radius 1 is 1.19 bits per heavy atom. The molecule has 1 aliphatic carbocycles. The Kier molecular flexibility index (Phi) is 3.64. The molecule has 0 spiro atoms. The number of hydrogen-bond donors (Lipinski definition) is 1. The third-order valence-electron chi connectivity index (χ3n) is 3.71. The summed E-state index contributed by atoms with van der Waals surface area (Å²) >= 11 is 6.16. The molecule has 4 heteroatoms. The zero-order valence-corrected chi connectivity index (χ0v) is 12.0. The van der Waals surface area contributed by atoms with Crippen LogP contribution < -0.4 is 5.32 Å². The first-order valence-electron chi connectivity index (χ1n) is 6.74. The Balaban J connectivity index is 1.65. The third-order valence-corrected chi connectivity index (χ3v) is 4.06. The number of nitrogens with zero attached hydrogens (tertiary/aromatic N) is 1. The number of nitrogens with one attached hydrogen (secondary N) is 1. The SMILES string of the molecule is N#Cc1ccc(NC(=O)C2CC2c2ccccc2Cl)cc1. The number of hydrogen-bond acceptors (Lipinski definition) is 2. The molecule has 2 aromatic carbocycles. The maximum atomic E-state index is 12.2. The maximum absolute atomic E-state index is 12.2.